The first-order valence-electron chi connectivity index (χ1n) is 5.14. The molecule has 0 saturated carbocycles. The molecule has 0 spiro atoms. The number of nitrogens with one attached hydrogen (secondary N) is 1. The fourth-order valence-corrected chi connectivity index (χ4v) is 2.85. The van der Waals surface area contributed by atoms with Crippen LogP contribution in [0.2, 0.25) is 0 Å². The van der Waals surface area contributed by atoms with Crippen molar-refractivity contribution in [1.82, 2.24) is 5.32 Å². The lowest BCUT2D eigenvalue weighted by molar-refractivity contribution is 0.127. The van der Waals surface area contributed by atoms with Crippen LogP contribution in [0.3, 0.4) is 0 Å². The van der Waals surface area contributed by atoms with E-state index in [9.17, 15) is 5.11 Å². The monoisotopic (exact) mass is 219 g/mol. The largest absolute Gasteiger partial charge is 0.394 e. The summed E-state index contributed by atoms with van der Waals surface area (Å²) in [5.74, 6) is 0.929. The smallest absolute Gasteiger partial charge is 0.0666 e. The zero-order valence-electron chi connectivity index (χ0n) is 9.25. The van der Waals surface area contributed by atoms with Crippen LogP contribution in [0.1, 0.15) is 20.3 Å². The predicted octanol–water partition coefficient (Wildman–Crippen LogP) is 0.867. The van der Waals surface area contributed by atoms with E-state index < -0.39 is 0 Å². The van der Waals surface area contributed by atoms with Crippen molar-refractivity contribution in [3.8, 4) is 0 Å². The molecule has 0 aromatic heterocycles. The summed E-state index contributed by atoms with van der Waals surface area (Å²) >= 11 is 1.90. The molecule has 3 nitrogen and oxygen atoms in total. The summed E-state index contributed by atoms with van der Waals surface area (Å²) in [6, 6.07) is 0. The highest BCUT2D eigenvalue weighted by Crippen LogP contribution is 2.28. The van der Waals surface area contributed by atoms with E-state index in [-0.39, 0.29) is 12.1 Å². The van der Waals surface area contributed by atoms with Crippen LogP contribution in [0.25, 0.3) is 0 Å². The molecule has 0 radical (unpaired) electrons. The third kappa shape index (κ3) is 3.12. The lowest BCUT2D eigenvalue weighted by atomic mass is 10.1. The molecule has 3 unspecified atom stereocenters. The molecule has 4 heteroatoms. The van der Waals surface area contributed by atoms with Crippen LogP contribution in [-0.2, 0) is 4.74 Å². The van der Waals surface area contributed by atoms with Crippen molar-refractivity contribution in [3.63, 3.8) is 0 Å². The van der Waals surface area contributed by atoms with Crippen LogP contribution in [0.15, 0.2) is 0 Å². The van der Waals surface area contributed by atoms with Gasteiger partial charge in [0.1, 0.15) is 0 Å². The lowest BCUT2D eigenvalue weighted by Crippen LogP contribution is -2.46. The topological polar surface area (TPSA) is 41.5 Å². The molecule has 2 N–H and O–H groups in total. The van der Waals surface area contributed by atoms with Crippen molar-refractivity contribution >= 4 is 11.8 Å². The Labute approximate surface area is 90.6 Å². The van der Waals surface area contributed by atoms with Gasteiger partial charge in [-0.15, -0.1) is 0 Å². The Morgan fingerprint density at radius 1 is 1.64 bits per heavy atom. The van der Waals surface area contributed by atoms with E-state index in [1.54, 1.807) is 0 Å². The summed E-state index contributed by atoms with van der Waals surface area (Å²) in [6.45, 7) is 5.23. The SMILES string of the molecule is CNC(C)(CO)CSC1CCOC1C. The van der Waals surface area contributed by atoms with Gasteiger partial charge in [0.15, 0.2) is 0 Å². The van der Waals surface area contributed by atoms with Crippen LogP contribution in [0.4, 0.5) is 0 Å². The highest BCUT2D eigenvalue weighted by atomic mass is 32.2. The van der Waals surface area contributed by atoms with Crippen LogP contribution < -0.4 is 5.32 Å². The molecule has 1 fully saturated rings. The third-order valence-electron chi connectivity index (χ3n) is 2.88. The van der Waals surface area contributed by atoms with Gasteiger partial charge in [-0.1, -0.05) is 0 Å². The Morgan fingerprint density at radius 3 is 2.79 bits per heavy atom. The minimum atomic E-state index is -0.160. The fourth-order valence-electron chi connectivity index (χ4n) is 1.42. The van der Waals surface area contributed by atoms with Crippen molar-refractivity contribution in [2.24, 2.45) is 0 Å². The molecule has 0 amide bonds. The van der Waals surface area contributed by atoms with E-state index >= 15 is 0 Å². The first kappa shape index (κ1) is 12.3. The van der Waals surface area contributed by atoms with Gasteiger partial charge in [0.05, 0.1) is 12.7 Å². The summed E-state index contributed by atoms with van der Waals surface area (Å²) in [4.78, 5) is 0. The molecule has 1 rings (SSSR count). The molecule has 1 aliphatic rings. The molecular formula is C10H21NO2S. The standard InChI is InChI=1S/C10H21NO2S/c1-8-9(4-5-13-8)14-7-10(2,6-12)11-3/h8-9,11-12H,4-7H2,1-3H3. The summed E-state index contributed by atoms with van der Waals surface area (Å²) in [7, 11) is 1.89. The number of aliphatic hydroxyl groups excluding tert-OH is 1. The van der Waals surface area contributed by atoms with Gasteiger partial charge in [0.2, 0.25) is 0 Å². The number of ether oxygens (including phenoxy) is 1. The Kier molecular flexibility index (Phi) is 4.70. The average molecular weight is 219 g/mol. The third-order valence-corrected chi connectivity index (χ3v) is 4.73. The van der Waals surface area contributed by atoms with E-state index in [1.165, 1.54) is 0 Å². The van der Waals surface area contributed by atoms with Gasteiger partial charge in [-0.3, -0.25) is 0 Å². The molecular weight excluding hydrogens is 198 g/mol. The fraction of sp³-hybridized carbons (Fsp3) is 1.00. The highest BCUT2D eigenvalue weighted by molar-refractivity contribution is 8.00. The van der Waals surface area contributed by atoms with E-state index in [2.05, 4.69) is 12.2 Å². The Hall–Kier alpha value is 0.230. The first-order valence-corrected chi connectivity index (χ1v) is 6.19. The maximum Gasteiger partial charge on any atom is 0.0666 e. The van der Waals surface area contributed by atoms with E-state index in [0.29, 0.717) is 11.4 Å². The average Bonchev–Trinajstić information content (AvgIpc) is 2.61. The van der Waals surface area contributed by atoms with Crippen LogP contribution in [-0.4, -0.2) is 48.0 Å². The molecule has 14 heavy (non-hydrogen) atoms. The zero-order valence-corrected chi connectivity index (χ0v) is 10.1. The minimum absolute atomic E-state index is 0.160. The number of hydrogen-bond donors (Lipinski definition) is 2. The maximum atomic E-state index is 9.22. The van der Waals surface area contributed by atoms with Gasteiger partial charge in [0.25, 0.3) is 0 Å². The van der Waals surface area contributed by atoms with E-state index in [1.807, 2.05) is 25.7 Å². The van der Waals surface area contributed by atoms with Crippen LogP contribution in [0, 0.1) is 0 Å². The number of aliphatic hydroxyl groups is 1. The number of thioether (sulfide) groups is 1. The zero-order chi connectivity index (χ0) is 10.6. The molecule has 1 heterocycles. The van der Waals surface area contributed by atoms with Gasteiger partial charge in [-0.25, -0.2) is 0 Å². The second-order valence-corrected chi connectivity index (χ2v) is 5.41. The van der Waals surface area contributed by atoms with Crippen molar-refractivity contribution < 1.29 is 9.84 Å². The summed E-state index contributed by atoms with van der Waals surface area (Å²) in [5.41, 5.74) is -0.160. The van der Waals surface area contributed by atoms with Crippen LogP contribution >= 0.6 is 11.8 Å². The van der Waals surface area contributed by atoms with Gasteiger partial charge in [-0.05, 0) is 27.3 Å². The quantitative estimate of drug-likeness (QED) is 0.720. The van der Waals surface area contributed by atoms with Gasteiger partial charge >= 0.3 is 0 Å². The Balaban J connectivity index is 2.31. The molecule has 0 aliphatic carbocycles. The maximum absolute atomic E-state index is 9.22. The normalized spacial score (nSPS) is 31.7. The molecule has 3 atom stereocenters. The molecule has 0 aromatic carbocycles. The molecule has 1 aliphatic heterocycles. The summed E-state index contributed by atoms with van der Waals surface area (Å²) in [5, 5.41) is 13.0. The van der Waals surface area contributed by atoms with Gasteiger partial charge in [-0.2, -0.15) is 11.8 Å². The second kappa shape index (κ2) is 5.35. The van der Waals surface area contributed by atoms with Crippen molar-refractivity contribution in [3.05, 3.63) is 0 Å². The number of hydrogen-bond acceptors (Lipinski definition) is 4. The predicted molar refractivity (Wildman–Crippen MR) is 60.8 cm³/mol. The van der Waals surface area contributed by atoms with Crippen molar-refractivity contribution in [2.45, 2.75) is 37.2 Å². The van der Waals surface area contributed by atoms with Crippen LogP contribution in [0.5, 0.6) is 0 Å². The Bertz CT molecular complexity index is 174. The molecule has 1 saturated heterocycles. The van der Waals surface area contributed by atoms with Gasteiger partial charge < -0.3 is 15.2 Å². The lowest BCUT2D eigenvalue weighted by Gasteiger charge is -2.28. The second-order valence-electron chi connectivity index (χ2n) is 4.18. The van der Waals surface area contributed by atoms with E-state index in [0.717, 1.165) is 18.8 Å². The molecule has 0 aromatic rings. The Morgan fingerprint density at radius 2 is 2.36 bits per heavy atom. The molecule has 0 bridgehead atoms. The van der Waals surface area contributed by atoms with Gasteiger partial charge in [0, 0.05) is 23.1 Å². The van der Waals surface area contributed by atoms with E-state index in [4.69, 9.17) is 4.74 Å². The number of rotatable bonds is 5. The summed E-state index contributed by atoms with van der Waals surface area (Å²) < 4.78 is 5.49. The minimum Gasteiger partial charge on any atom is -0.394 e. The number of likely N-dealkylation sites (N-methyl/N-ethyl adjacent to an activating group) is 1. The highest BCUT2D eigenvalue weighted by Gasteiger charge is 2.28. The first-order chi connectivity index (χ1) is 6.61. The molecule has 84 valence electrons. The van der Waals surface area contributed by atoms with Crippen molar-refractivity contribution in [2.75, 3.05) is 26.0 Å². The van der Waals surface area contributed by atoms with Crippen molar-refractivity contribution in [1.29, 1.82) is 0 Å². The summed E-state index contributed by atoms with van der Waals surface area (Å²) in [6.07, 6.45) is 1.50.